The predicted octanol–water partition coefficient (Wildman–Crippen LogP) is -0.678. The molecule has 0 N–H and O–H groups in total. The Morgan fingerprint density at radius 3 is 0.538 bits per heavy atom. The zero-order valence-corrected chi connectivity index (χ0v) is 35.5. The molecule has 0 saturated carbocycles. The summed E-state index contributed by atoms with van der Waals surface area (Å²) in [7, 11) is 0. The monoisotopic (exact) mass is 1310 g/mol. The molecule has 0 rings (SSSR count). The van der Waals surface area contributed by atoms with Crippen molar-refractivity contribution in [3.8, 4) is 0 Å². The van der Waals surface area contributed by atoms with E-state index >= 15 is 0 Å². The molecule has 0 aromatic heterocycles. The van der Waals surface area contributed by atoms with Crippen molar-refractivity contribution in [1.29, 1.82) is 0 Å². The van der Waals surface area contributed by atoms with Crippen LogP contribution in [0.4, 0.5) is 0 Å². The second kappa shape index (κ2) is 85.8. The van der Waals surface area contributed by atoms with Crippen LogP contribution in [0.25, 0.3) is 0 Å². The summed E-state index contributed by atoms with van der Waals surface area (Å²) in [4.78, 5) is 0. The Bertz CT molecular complexity index is 46.7. The van der Waals surface area contributed by atoms with Crippen molar-refractivity contribution in [1.82, 2.24) is 0 Å². The molecule has 3 nitrogen and oxygen atoms in total. The summed E-state index contributed by atoms with van der Waals surface area (Å²) in [5, 5.41) is 0. The minimum atomic E-state index is 0. The Morgan fingerprint density at radius 2 is 0.538 bits per heavy atom. The standard InChI is InChI=1S/2Ba.2Ce.3O.2Y.2Yb.2Zr.4H/q2*+2;;;3*-2;;;2*+3;;;4*-1. The fourth-order valence-electron chi connectivity index (χ4n) is 0. The average molecular weight is 1310 g/mol. The smallest absolute Gasteiger partial charge is 2.00 e. The molecule has 0 aromatic carbocycles. The summed E-state index contributed by atoms with van der Waals surface area (Å²) < 4.78 is 0. The zero-order valence-electron chi connectivity index (χ0n) is 10.3. The Labute approximate surface area is 399 Å². The molecule has 4 radical (unpaired) electrons. The van der Waals surface area contributed by atoms with Gasteiger partial charge in [0.2, 0.25) is 0 Å². The third-order valence-electron chi connectivity index (χ3n) is 0. The molecule has 0 aliphatic rings. The SMILES string of the molecule is [Ba+2].[Ba+2].[Ce].[Ce].[H-].[H-].[H-].[H-].[O-2].[O-2].[O-2].[Y].[Y].[Yb+3].[Yb+3].[Zr].[Zr]. The molecule has 0 unspecified atom stereocenters. The summed E-state index contributed by atoms with van der Waals surface area (Å²) in [6.07, 6.45) is 0. The Morgan fingerprint density at radius 1 is 0.538 bits per heavy atom. The van der Waals surface area contributed by atoms with Crippen molar-refractivity contribution in [2.24, 2.45) is 0 Å². The van der Waals surface area contributed by atoms with Gasteiger partial charge in [0.1, 0.15) is 0 Å². The zero-order chi connectivity index (χ0) is 0. The van der Waals surface area contributed by atoms with E-state index in [-0.39, 0.29) is 415 Å². The van der Waals surface area contributed by atoms with Gasteiger partial charge in [-0.2, -0.15) is 0 Å². The second-order valence-corrected chi connectivity index (χ2v) is 0. The van der Waals surface area contributed by atoms with Gasteiger partial charge in [0.25, 0.3) is 0 Å². The molecule has 0 bridgehead atoms. The van der Waals surface area contributed by atoms with E-state index in [1.165, 1.54) is 0 Å². The van der Waals surface area contributed by atoms with Crippen LogP contribution in [0.5, 0.6) is 0 Å². The van der Waals surface area contributed by atoms with Gasteiger partial charge in [-0.05, 0) is 0 Å². The van der Waals surface area contributed by atoms with Crippen LogP contribution in [0.3, 0.4) is 0 Å². The molecule has 0 aromatic rings. The second-order valence-electron chi connectivity index (χ2n) is 0. The molecule has 13 heavy (non-hydrogen) atoms. The van der Waals surface area contributed by atoms with Crippen molar-refractivity contribution in [2.45, 2.75) is 0 Å². The van der Waals surface area contributed by atoms with Gasteiger partial charge < -0.3 is 22.1 Å². The fourth-order valence-corrected chi connectivity index (χ4v) is 0. The van der Waals surface area contributed by atoms with Crippen LogP contribution in [0.15, 0.2) is 0 Å². The van der Waals surface area contributed by atoms with Crippen LogP contribution in [0.1, 0.15) is 5.71 Å². The topological polar surface area (TPSA) is 85.5 Å². The first-order chi connectivity index (χ1) is 0. The molecule has 0 fully saturated rings. The van der Waals surface area contributed by atoms with Crippen LogP contribution in [0, 0.1) is 177 Å². The van der Waals surface area contributed by atoms with E-state index in [0.29, 0.717) is 0 Å². The maximum Gasteiger partial charge on any atom is 3.00 e. The van der Waals surface area contributed by atoms with E-state index in [4.69, 9.17) is 0 Å². The number of rotatable bonds is 0. The van der Waals surface area contributed by atoms with Gasteiger partial charge >= 0.3 is 192 Å². The van der Waals surface area contributed by atoms with Gasteiger partial charge in [-0.3, -0.25) is 0 Å². The van der Waals surface area contributed by atoms with Crippen LogP contribution < -0.4 is 0 Å². The van der Waals surface area contributed by atoms with Crippen molar-refractivity contribution in [2.75, 3.05) is 0 Å². The Balaban J connectivity index is 0. The molecular formula is H4Ba2Ce2O3Y2Yb2Zr2. The van der Waals surface area contributed by atoms with Crippen molar-refractivity contribution >= 4 is 97.8 Å². The van der Waals surface area contributed by atoms with E-state index in [1.807, 2.05) is 0 Å². The van der Waals surface area contributed by atoms with Gasteiger partial charge in [-0.25, -0.2) is 0 Å². The molecule has 0 aliphatic carbocycles. The fraction of sp³-hybridized carbons (Fsp3) is 0. The Hall–Kier alpha value is 12.8. The quantitative estimate of drug-likeness (QED) is 0.289. The first-order valence-corrected chi connectivity index (χ1v) is 0. The van der Waals surface area contributed by atoms with E-state index in [1.54, 1.807) is 0 Å². The maximum absolute atomic E-state index is 0. The molecule has 13 heteroatoms. The average Bonchev–Trinajstić information content (AvgIpc) is 0. The number of hydrogen-bond donors (Lipinski definition) is 0. The summed E-state index contributed by atoms with van der Waals surface area (Å²) in [5.41, 5.74) is 0. The minimum absolute atomic E-state index is 0. The van der Waals surface area contributed by atoms with Crippen molar-refractivity contribution in [3.63, 3.8) is 0 Å². The molecular weight excluding hydrogens is 1310 g/mol. The molecule has 0 aliphatic heterocycles. The molecule has 0 heterocycles. The summed E-state index contributed by atoms with van der Waals surface area (Å²) >= 11 is 0. The van der Waals surface area contributed by atoms with Gasteiger partial charge in [0, 0.05) is 201 Å². The van der Waals surface area contributed by atoms with E-state index in [2.05, 4.69) is 0 Å². The van der Waals surface area contributed by atoms with E-state index in [0.717, 1.165) is 0 Å². The third kappa shape index (κ3) is 78.7. The third-order valence-corrected chi connectivity index (χ3v) is 0. The summed E-state index contributed by atoms with van der Waals surface area (Å²) in [5.74, 6) is 0. The Kier molecular flexibility index (Phi) is 639. The predicted molar refractivity (Wildman–Crippen MR) is 18.0 cm³/mol. The molecule has 76 valence electrons. The molecule has 0 saturated heterocycles. The van der Waals surface area contributed by atoms with Crippen molar-refractivity contribution < 1.29 is 317 Å². The van der Waals surface area contributed by atoms with Crippen LogP contribution >= 0.6 is 0 Å². The summed E-state index contributed by atoms with van der Waals surface area (Å²) in [6, 6.07) is 0. The summed E-state index contributed by atoms with van der Waals surface area (Å²) in [6.45, 7) is 0. The largest absolute Gasteiger partial charge is 3.00 e. The van der Waals surface area contributed by atoms with Crippen LogP contribution in [0.2, 0.25) is 0 Å². The van der Waals surface area contributed by atoms with Crippen LogP contribution in [-0.2, 0) is 134 Å². The van der Waals surface area contributed by atoms with E-state index < -0.39 is 0 Å². The molecule has 0 atom stereocenters. The van der Waals surface area contributed by atoms with Gasteiger partial charge in [-0.15, -0.1) is 0 Å². The van der Waals surface area contributed by atoms with E-state index in [9.17, 15) is 0 Å². The molecule has 0 spiro atoms. The van der Waals surface area contributed by atoms with Gasteiger partial charge in [0.15, 0.2) is 0 Å². The first kappa shape index (κ1) is 96.9. The maximum atomic E-state index is 0. The van der Waals surface area contributed by atoms with Crippen LogP contribution in [-0.4, -0.2) is 97.8 Å². The molecule has 0 amide bonds. The normalized spacial score (nSPS) is 0. The minimum Gasteiger partial charge on any atom is -2.00 e. The van der Waals surface area contributed by atoms with Gasteiger partial charge in [0.05, 0.1) is 0 Å². The van der Waals surface area contributed by atoms with Crippen molar-refractivity contribution in [3.05, 3.63) is 0 Å². The number of hydrogen-bond acceptors (Lipinski definition) is 0. The van der Waals surface area contributed by atoms with Gasteiger partial charge in [-0.1, -0.05) is 0 Å². The first-order valence-electron chi connectivity index (χ1n) is 0.